The van der Waals surface area contributed by atoms with E-state index in [4.69, 9.17) is 5.11 Å². The summed E-state index contributed by atoms with van der Waals surface area (Å²) in [5.74, 6) is 5.25. The van der Waals surface area contributed by atoms with Crippen LogP contribution in [0.3, 0.4) is 0 Å². The van der Waals surface area contributed by atoms with E-state index >= 15 is 0 Å². The Morgan fingerprint density at radius 2 is 2.10 bits per heavy atom. The first-order chi connectivity index (χ1) is 9.90. The van der Waals surface area contributed by atoms with Gasteiger partial charge in [-0.1, -0.05) is 37.7 Å². The van der Waals surface area contributed by atoms with E-state index in [-0.39, 0.29) is 17.5 Å². The van der Waals surface area contributed by atoms with Gasteiger partial charge in [-0.3, -0.25) is 0 Å². The molecule has 1 unspecified atom stereocenters. The summed E-state index contributed by atoms with van der Waals surface area (Å²) in [4.78, 5) is 0.246. The lowest BCUT2D eigenvalue weighted by molar-refractivity contribution is 0.350. The van der Waals surface area contributed by atoms with Gasteiger partial charge in [-0.2, -0.15) is 0 Å². The van der Waals surface area contributed by atoms with Crippen molar-refractivity contribution in [2.75, 3.05) is 6.61 Å². The maximum atomic E-state index is 12.4. The van der Waals surface area contributed by atoms with Crippen LogP contribution < -0.4 is 4.72 Å². The largest absolute Gasteiger partial charge is 0.384 e. The quantitative estimate of drug-likeness (QED) is 0.792. The smallest absolute Gasteiger partial charge is 0.241 e. The van der Waals surface area contributed by atoms with E-state index in [1.54, 1.807) is 25.1 Å². The Balaban J connectivity index is 3.01. The maximum absolute atomic E-state index is 12.4. The van der Waals surface area contributed by atoms with Crippen molar-refractivity contribution in [3.63, 3.8) is 0 Å². The van der Waals surface area contributed by atoms with Crippen molar-refractivity contribution in [2.45, 2.75) is 51.0 Å². The molecule has 0 aliphatic rings. The molecule has 0 aliphatic heterocycles. The monoisotopic (exact) mass is 309 g/mol. The van der Waals surface area contributed by atoms with Gasteiger partial charge in [0, 0.05) is 11.6 Å². The standard InChI is InChI=1S/C16H23NO3S/c1-4-5-7-14(3)17-21(19,20)16-12-15(8-6-11-18)10-9-13(16)2/h9-10,12,14,17-18H,4-5,7,11H2,1-3H3. The molecule has 116 valence electrons. The highest BCUT2D eigenvalue weighted by Gasteiger charge is 2.19. The molecule has 0 radical (unpaired) electrons. The third-order valence-corrected chi connectivity index (χ3v) is 4.87. The van der Waals surface area contributed by atoms with E-state index in [2.05, 4.69) is 23.5 Å². The minimum absolute atomic E-state index is 0.0958. The number of hydrogen-bond donors (Lipinski definition) is 2. The zero-order valence-corrected chi connectivity index (χ0v) is 13.6. The molecule has 1 aromatic rings. The van der Waals surface area contributed by atoms with E-state index in [9.17, 15) is 8.42 Å². The van der Waals surface area contributed by atoms with Crippen LogP contribution in [0.4, 0.5) is 0 Å². The Hall–Kier alpha value is -1.35. The predicted octanol–water partition coefficient (Wildman–Crippen LogP) is 2.20. The zero-order chi connectivity index (χ0) is 15.9. The van der Waals surface area contributed by atoms with Crippen LogP contribution >= 0.6 is 0 Å². The number of benzene rings is 1. The molecule has 2 N–H and O–H groups in total. The van der Waals surface area contributed by atoms with Gasteiger partial charge in [0.25, 0.3) is 0 Å². The molecule has 0 saturated heterocycles. The van der Waals surface area contributed by atoms with E-state index in [1.165, 1.54) is 0 Å². The Labute approximate surface area is 127 Å². The summed E-state index contributed by atoms with van der Waals surface area (Å²) in [6.45, 7) is 5.46. The van der Waals surface area contributed by atoms with Crippen LogP contribution in [0.2, 0.25) is 0 Å². The van der Waals surface area contributed by atoms with Crippen LogP contribution in [-0.4, -0.2) is 26.2 Å². The summed E-state index contributed by atoms with van der Waals surface area (Å²) >= 11 is 0. The molecule has 0 aliphatic carbocycles. The minimum atomic E-state index is -3.55. The average molecular weight is 309 g/mol. The summed E-state index contributed by atoms with van der Waals surface area (Å²) in [5.41, 5.74) is 1.26. The summed E-state index contributed by atoms with van der Waals surface area (Å²) in [7, 11) is -3.55. The number of nitrogens with one attached hydrogen (secondary N) is 1. The lowest BCUT2D eigenvalue weighted by Crippen LogP contribution is -2.33. The van der Waals surface area contributed by atoms with Gasteiger partial charge in [0.1, 0.15) is 6.61 Å². The van der Waals surface area contributed by atoms with Crippen molar-refractivity contribution in [3.8, 4) is 11.8 Å². The Morgan fingerprint density at radius 1 is 1.38 bits per heavy atom. The molecule has 0 heterocycles. The normalized spacial score (nSPS) is 12.6. The van der Waals surface area contributed by atoms with E-state index < -0.39 is 10.0 Å². The second-order valence-electron chi connectivity index (χ2n) is 5.10. The number of sulfonamides is 1. The van der Waals surface area contributed by atoms with Gasteiger partial charge in [-0.15, -0.1) is 0 Å². The highest BCUT2D eigenvalue weighted by atomic mass is 32.2. The van der Waals surface area contributed by atoms with Crippen LogP contribution in [-0.2, 0) is 10.0 Å². The predicted molar refractivity (Wildman–Crippen MR) is 84.5 cm³/mol. The van der Waals surface area contributed by atoms with E-state index in [1.807, 2.05) is 6.92 Å². The third kappa shape index (κ3) is 5.50. The van der Waals surface area contributed by atoms with Gasteiger partial charge >= 0.3 is 0 Å². The van der Waals surface area contributed by atoms with Gasteiger partial charge in [0.2, 0.25) is 10.0 Å². The Morgan fingerprint density at radius 3 is 2.71 bits per heavy atom. The number of aliphatic hydroxyl groups excluding tert-OH is 1. The summed E-state index contributed by atoms with van der Waals surface area (Å²) in [6.07, 6.45) is 2.85. The van der Waals surface area contributed by atoms with Gasteiger partial charge < -0.3 is 5.11 Å². The first kappa shape index (κ1) is 17.7. The fourth-order valence-electron chi connectivity index (χ4n) is 2.01. The van der Waals surface area contributed by atoms with E-state index in [0.717, 1.165) is 19.3 Å². The van der Waals surface area contributed by atoms with Crippen molar-refractivity contribution in [3.05, 3.63) is 29.3 Å². The van der Waals surface area contributed by atoms with Crippen molar-refractivity contribution in [2.24, 2.45) is 0 Å². The van der Waals surface area contributed by atoms with Crippen molar-refractivity contribution in [1.29, 1.82) is 0 Å². The topological polar surface area (TPSA) is 66.4 Å². The highest BCUT2D eigenvalue weighted by Crippen LogP contribution is 2.17. The zero-order valence-electron chi connectivity index (χ0n) is 12.8. The molecule has 0 aromatic heterocycles. The number of hydrogen-bond acceptors (Lipinski definition) is 3. The first-order valence-electron chi connectivity index (χ1n) is 7.13. The van der Waals surface area contributed by atoms with Gasteiger partial charge in [0.15, 0.2) is 0 Å². The maximum Gasteiger partial charge on any atom is 0.241 e. The fraction of sp³-hybridized carbons (Fsp3) is 0.500. The molecular weight excluding hydrogens is 286 g/mol. The first-order valence-corrected chi connectivity index (χ1v) is 8.61. The molecule has 1 aromatic carbocycles. The van der Waals surface area contributed by atoms with Crippen LogP contribution in [0.1, 0.15) is 44.2 Å². The number of rotatable bonds is 6. The molecule has 0 amide bonds. The van der Waals surface area contributed by atoms with Gasteiger partial charge in [-0.05, 0) is 38.0 Å². The number of unbranched alkanes of at least 4 members (excludes halogenated alkanes) is 1. The molecule has 0 saturated carbocycles. The van der Waals surface area contributed by atoms with Crippen molar-refractivity contribution in [1.82, 2.24) is 4.72 Å². The van der Waals surface area contributed by atoms with Gasteiger partial charge in [-0.25, -0.2) is 13.1 Å². The lowest BCUT2D eigenvalue weighted by Gasteiger charge is -2.15. The van der Waals surface area contributed by atoms with Crippen LogP contribution in [0, 0.1) is 18.8 Å². The number of aliphatic hydroxyl groups is 1. The summed E-state index contributed by atoms with van der Waals surface area (Å²) in [5, 5.41) is 8.71. The molecule has 5 heteroatoms. The third-order valence-electron chi connectivity index (χ3n) is 3.14. The van der Waals surface area contributed by atoms with Crippen LogP contribution in [0.15, 0.2) is 23.1 Å². The van der Waals surface area contributed by atoms with Crippen LogP contribution in [0.25, 0.3) is 0 Å². The van der Waals surface area contributed by atoms with Crippen molar-refractivity contribution >= 4 is 10.0 Å². The Bertz CT molecular complexity index is 627. The molecule has 1 atom stereocenters. The lowest BCUT2D eigenvalue weighted by atomic mass is 10.1. The highest BCUT2D eigenvalue weighted by molar-refractivity contribution is 7.89. The fourth-order valence-corrected chi connectivity index (χ4v) is 3.56. The summed E-state index contributed by atoms with van der Waals surface area (Å²) < 4.78 is 27.6. The van der Waals surface area contributed by atoms with Crippen molar-refractivity contribution < 1.29 is 13.5 Å². The molecule has 0 bridgehead atoms. The molecule has 21 heavy (non-hydrogen) atoms. The molecule has 0 fully saturated rings. The Kier molecular flexibility index (Phi) is 6.90. The summed E-state index contributed by atoms with van der Waals surface area (Å²) in [6, 6.07) is 4.93. The SMILES string of the molecule is CCCCC(C)NS(=O)(=O)c1cc(C#CCO)ccc1C. The molecule has 4 nitrogen and oxygen atoms in total. The molecule has 1 rings (SSSR count). The second kappa shape index (κ2) is 8.18. The minimum Gasteiger partial charge on any atom is -0.384 e. The van der Waals surface area contributed by atoms with E-state index in [0.29, 0.717) is 11.1 Å². The molecule has 0 spiro atoms. The van der Waals surface area contributed by atoms with Crippen LogP contribution in [0.5, 0.6) is 0 Å². The average Bonchev–Trinajstić information content (AvgIpc) is 2.43. The molecular formula is C16H23NO3S. The number of aryl methyl sites for hydroxylation is 1. The second-order valence-corrected chi connectivity index (χ2v) is 6.79. The van der Waals surface area contributed by atoms with Gasteiger partial charge in [0.05, 0.1) is 4.90 Å².